The molecule has 3 amide bonds. The third-order valence-electron chi connectivity index (χ3n) is 8.98. The number of amides is 3. The number of hydrogen-bond donors (Lipinski definition) is 4. The Kier molecular flexibility index (Phi) is 10.3. The van der Waals surface area contributed by atoms with Gasteiger partial charge in [0.25, 0.3) is 0 Å². The van der Waals surface area contributed by atoms with Crippen LogP contribution in [0.25, 0.3) is 10.9 Å². The Bertz CT molecular complexity index is 1420. The first-order chi connectivity index (χ1) is 20.6. The van der Waals surface area contributed by atoms with Crippen LogP contribution in [0.3, 0.4) is 0 Å². The molecule has 3 aromatic rings. The number of likely N-dealkylation sites (tertiary alicyclic amines) is 1. The number of piperidine rings is 1. The van der Waals surface area contributed by atoms with Gasteiger partial charge in [-0.25, -0.2) is 0 Å². The van der Waals surface area contributed by atoms with E-state index < -0.39 is 17.0 Å². The molecule has 0 saturated carbocycles. The molecular formula is C33H47N7O3. The van der Waals surface area contributed by atoms with Gasteiger partial charge in [-0.3, -0.25) is 25.2 Å². The highest BCUT2D eigenvalue weighted by Crippen LogP contribution is 2.42. The molecule has 2 aromatic carbocycles. The van der Waals surface area contributed by atoms with Crippen molar-refractivity contribution in [3.8, 4) is 0 Å². The van der Waals surface area contributed by atoms with E-state index in [2.05, 4.69) is 16.4 Å². The number of aromatic nitrogens is 1. The van der Waals surface area contributed by atoms with Gasteiger partial charge in [0.2, 0.25) is 18.2 Å². The highest BCUT2D eigenvalue weighted by molar-refractivity contribution is 5.92. The van der Waals surface area contributed by atoms with E-state index in [0.29, 0.717) is 38.9 Å². The lowest BCUT2D eigenvalue weighted by Gasteiger charge is -2.45. The van der Waals surface area contributed by atoms with Crippen molar-refractivity contribution in [2.45, 2.75) is 64.0 Å². The number of H-pyrrole nitrogens is 1. The quantitative estimate of drug-likeness (QED) is 0.172. The van der Waals surface area contributed by atoms with E-state index in [9.17, 15) is 14.4 Å². The van der Waals surface area contributed by atoms with Gasteiger partial charge in [0, 0.05) is 61.8 Å². The van der Waals surface area contributed by atoms with E-state index in [1.807, 2.05) is 72.3 Å². The third kappa shape index (κ3) is 6.92. The Morgan fingerprint density at radius 3 is 2.58 bits per heavy atom. The van der Waals surface area contributed by atoms with Gasteiger partial charge in [-0.05, 0) is 61.9 Å². The first kappa shape index (κ1) is 32.2. The Hall–Kier alpha value is -3.73. The second kappa shape index (κ2) is 13.7. The number of hydrazine groups is 1. The first-order valence-corrected chi connectivity index (χ1v) is 15.2. The van der Waals surface area contributed by atoms with Gasteiger partial charge in [0.15, 0.2) is 0 Å². The second-order valence-electron chi connectivity index (χ2n) is 12.4. The number of carbonyl (C=O) groups is 3. The van der Waals surface area contributed by atoms with E-state index in [1.54, 1.807) is 14.1 Å². The molecule has 2 aliphatic rings. The predicted molar refractivity (Wildman–Crippen MR) is 171 cm³/mol. The molecule has 0 aliphatic carbocycles. The van der Waals surface area contributed by atoms with Crippen molar-refractivity contribution in [3.05, 3.63) is 65.9 Å². The summed E-state index contributed by atoms with van der Waals surface area (Å²) in [5.74, 6) is 4.68. The highest BCUT2D eigenvalue weighted by Gasteiger charge is 2.48. The number of nitrogens with zero attached hydrogens (tertiary/aromatic N) is 3. The number of nitrogens with two attached hydrogens (primary N) is 2. The lowest BCUT2D eigenvalue weighted by atomic mass is 9.82. The van der Waals surface area contributed by atoms with Crippen molar-refractivity contribution in [2.75, 3.05) is 38.6 Å². The van der Waals surface area contributed by atoms with Gasteiger partial charge in [-0.15, -0.1) is 0 Å². The molecule has 1 spiro atoms. The number of anilines is 1. The van der Waals surface area contributed by atoms with Crippen LogP contribution in [0, 0.1) is 5.41 Å². The number of para-hydroxylation sites is 2. The summed E-state index contributed by atoms with van der Waals surface area (Å²) in [5.41, 5.74) is 8.75. The first-order valence-electron chi connectivity index (χ1n) is 15.2. The Balaban J connectivity index is 0.000000996. The van der Waals surface area contributed by atoms with Crippen LogP contribution in [0.4, 0.5) is 5.69 Å². The summed E-state index contributed by atoms with van der Waals surface area (Å²) >= 11 is 0. The zero-order valence-electron chi connectivity index (χ0n) is 25.9. The molecule has 5 rings (SSSR count). The maximum Gasteiger partial charge on any atom is 0.245 e. The summed E-state index contributed by atoms with van der Waals surface area (Å²) in [6.07, 6.45) is 6.71. The van der Waals surface area contributed by atoms with Crippen LogP contribution in [-0.4, -0.2) is 78.4 Å². The van der Waals surface area contributed by atoms with Gasteiger partial charge in [-0.1, -0.05) is 50.2 Å². The van der Waals surface area contributed by atoms with Gasteiger partial charge < -0.3 is 25.8 Å². The summed E-state index contributed by atoms with van der Waals surface area (Å²) < 4.78 is 0. The zero-order valence-corrected chi connectivity index (χ0v) is 25.9. The number of fused-ring (bicyclic) bond motifs is 2. The summed E-state index contributed by atoms with van der Waals surface area (Å²) in [4.78, 5) is 47.1. The number of carbonyl (C=O) groups excluding carboxylic acids is 3. The number of nitrogens with one attached hydrogen (secondary N) is 2. The fourth-order valence-corrected chi connectivity index (χ4v) is 6.44. The van der Waals surface area contributed by atoms with Crippen LogP contribution in [0.5, 0.6) is 0 Å². The molecular weight excluding hydrogens is 542 g/mol. The molecule has 0 bridgehead atoms. The largest absolute Gasteiger partial charge is 0.361 e. The van der Waals surface area contributed by atoms with Gasteiger partial charge >= 0.3 is 0 Å². The van der Waals surface area contributed by atoms with Crippen LogP contribution in [0.15, 0.2) is 54.7 Å². The van der Waals surface area contributed by atoms with Crippen molar-refractivity contribution in [3.63, 3.8) is 0 Å². The molecule has 0 radical (unpaired) electrons. The van der Waals surface area contributed by atoms with Crippen LogP contribution < -0.4 is 21.8 Å². The van der Waals surface area contributed by atoms with Gasteiger partial charge in [0.05, 0.1) is 5.54 Å². The summed E-state index contributed by atoms with van der Waals surface area (Å²) in [5, 5.41) is 5.67. The fraction of sp³-hybridized carbons (Fsp3) is 0.485. The topological polar surface area (TPSA) is 141 Å². The highest BCUT2D eigenvalue weighted by atomic mass is 16.2. The Morgan fingerprint density at radius 1 is 1.19 bits per heavy atom. The van der Waals surface area contributed by atoms with Crippen LogP contribution in [0.1, 0.15) is 50.7 Å². The summed E-state index contributed by atoms with van der Waals surface area (Å²) in [6, 6.07) is 15.2. The molecule has 2 unspecified atom stereocenters. The number of benzene rings is 2. The molecule has 3 heterocycles. The van der Waals surface area contributed by atoms with E-state index >= 15 is 0 Å². The van der Waals surface area contributed by atoms with Crippen molar-refractivity contribution in [1.82, 2.24) is 20.2 Å². The average molecular weight is 590 g/mol. The fourth-order valence-electron chi connectivity index (χ4n) is 6.44. The molecule has 10 nitrogen and oxygen atoms in total. The van der Waals surface area contributed by atoms with Crippen molar-refractivity contribution < 1.29 is 14.4 Å². The van der Waals surface area contributed by atoms with Crippen LogP contribution in [-0.2, 0) is 27.2 Å². The molecule has 1 aromatic heterocycles. The summed E-state index contributed by atoms with van der Waals surface area (Å²) in [7, 11) is 3.56. The normalized spacial score (nSPS) is 19.9. The van der Waals surface area contributed by atoms with E-state index in [-0.39, 0.29) is 11.8 Å². The van der Waals surface area contributed by atoms with Crippen molar-refractivity contribution in [1.29, 1.82) is 0 Å². The Labute approximate surface area is 254 Å². The molecule has 232 valence electrons. The maximum atomic E-state index is 14.2. The monoisotopic (exact) mass is 589 g/mol. The maximum absolute atomic E-state index is 14.2. The van der Waals surface area contributed by atoms with E-state index in [1.165, 1.54) is 5.01 Å². The lowest BCUT2D eigenvalue weighted by molar-refractivity contribution is -0.141. The van der Waals surface area contributed by atoms with Gasteiger partial charge in [0.1, 0.15) is 6.04 Å². The second-order valence-corrected chi connectivity index (χ2v) is 12.4. The molecule has 2 aliphatic heterocycles. The molecule has 1 fully saturated rings. The average Bonchev–Trinajstić information content (AvgIpc) is 3.53. The summed E-state index contributed by atoms with van der Waals surface area (Å²) in [6.45, 7) is 5.32. The molecule has 43 heavy (non-hydrogen) atoms. The van der Waals surface area contributed by atoms with Crippen LogP contribution in [0.2, 0.25) is 0 Å². The van der Waals surface area contributed by atoms with Crippen LogP contribution >= 0.6 is 0 Å². The minimum absolute atomic E-state index is 0.110. The lowest BCUT2D eigenvalue weighted by Crippen LogP contribution is -2.62. The smallest absolute Gasteiger partial charge is 0.245 e. The molecule has 1 saturated heterocycles. The molecule has 6 N–H and O–H groups in total. The standard InChI is InChI=1S/C31H39N5O3.C2H8N2/c1-3-30(2,14-15-32)29(39)34-26(17-23-19-33-25-11-6-5-10-24(23)25)28(38)35-16-8-13-31(20-35)18-22-9-4-7-12-27(22)36(31)21-37;1-4(2)3/h4-7,9-12,19,21,26,33H,3,8,13-18,20,32H2,1-2H3,(H,34,39);3H2,1-2H3/t26-,30?,31?;/m1./s1. The predicted octanol–water partition coefficient (Wildman–Crippen LogP) is 2.96. The molecule has 10 heteroatoms. The minimum Gasteiger partial charge on any atom is -0.361 e. The van der Waals surface area contributed by atoms with Crippen molar-refractivity contribution >= 4 is 34.8 Å². The number of hydrogen-bond acceptors (Lipinski definition) is 6. The third-order valence-corrected chi connectivity index (χ3v) is 8.98. The van der Waals surface area contributed by atoms with Crippen molar-refractivity contribution in [2.24, 2.45) is 17.0 Å². The number of rotatable bonds is 9. The zero-order chi connectivity index (χ0) is 31.2. The number of aromatic amines is 1. The van der Waals surface area contributed by atoms with E-state index in [0.717, 1.165) is 53.4 Å². The van der Waals surface area contributed by atoms with Gasteiger partial charge in [-0.2, -0.15) is 0 Å². The van der Waals surface area contributed by atoms with E-state index in [4.69, 9.17) is 11.6 Å². The molecule has 3 atom stereocenters. The Morgan fingerprint density at radius 2 is 1.88 bits per heavy atom. The minimum atomic E-state index is -0.732. The SMILES string of the molecule is CCC(C)(CCN)C(=O)N[C@H](Cc1c[nH]c2ccccc12)C(=O)N1CCCC2(Cc3ccccc3N2C=O)C1.CN(C)N.